The van der Waals surface area contributed by atoms with Crippen molar-refractivity contribution in [3.8, 4) is 16.9 Å². The summed E-state index contributed by atoms with van der Waals surface area (Å²) >= 11 is 0. The van der Waals surface area contributed by atoms with Gasteiger partial charge in [0.15, 0.2) is 11.6 Å². The Balaban J connectivity index is 2.01. The van der Waals surface area contributed by atoms with Crippen molar-refractivity contribution >= 4 is 5.97 Å². The van der Waals surface area contributed by atoms with Gasteiger partial charge >= 0.3 is 5.97 Å². The van der Waals surface area contributed by atoms with E-state index < -0.39 is 11.8 Å². The molecule has 0 unspecified atom stereocenters. The number of benzene rings is 2. The maximum atomic E-state index is 14.9. The maximum Gasteiger partial charge on any atom is 0.353 e. The van der Waals surface area contributed by atoms with E-state index in [1.54, 1.807) is 0 Å². The number of halogens is 2. The first-order chi connectivity index (χ1) is 13.9. The van der Waals surface area contributed by atoms with E-state index in [0.29, 0.717) is 17.9 Å². The molecule has 0 saturated heterocycles. The van der Waals surface area contributed by atoms with Crippen LogP contribution in [0.15, 0.2) is 6.07 Å². The van der Waals surface area contributed by atoms with Gasteiger partial charge in [-0.05, 0) is 97.2 Å². The van der Waals surface area contributed by atoms with Crippen molar-refractivity contribution in [3.63, 3.8) is 0 Å². The fraction of sp³-hybridized carbons (Fsp3) is 0.435. The Bertz CT molecular complexity index is 1000. The molecule has 154 valence electrons. The van der Waals surface area contributed by atoms with Gasteiger partial charge in [-0.1, -0.05) is 0 Å². The zero-order valence-corrected chi connectivity index (χ0v) is 17.0. The lowest BCUT2D eigenvalue weighted by molar-refractivity contribution is -0.182. The van der Waals surface area contributed by atoms with E-state index in [1.807, 2.05) is 20.8 Å². The van der Waals surface area contributed by atoms with Crippen LogP contribution in [0.25, 0.3) is 11.1 Å². The van der Waals surface area contributed by atoms with Crippen LogP contribution in [0.1, 0.15) is 45.4 Å². The van der Waals surface area contributed by atoms with Crippen LogP contribution in [0, 0.1) is 26.6 Å². The highest BCUT2D eigenvalue weighted by molar-refractivity contribution is 5.84. The van der Waals surface area contributed by atoms with E-state index >= 15 is 0 Å². The molecule has 0 aliphatic carbocycles. The third-order valence-corrected chi connectivity index (χ3v) is 6.37. The van der Waals surface area contributed by atoms with Gasteiger partial charge in [0.25, 0.3) is 0 Å². The number of hydrogen-bond donors (Lipinski definition) is 1. The average Bonchev–Trinajstić information content (AvgIpc) is 2.75. The number of carbonyl (C=O) groups excluding carboxylic acids is 1. The van der Waals surface area contributed by atoms with Crippen LogP contribution in [0.4, 0.5) is 8.92 Å². The molecule has 2 aliphatic heterocycles. The molecule has 29 heavy (non-hydrogen) atoms. The molecule has 2 aromatic carbocycles. The zero-order valence-electron chi connectivity index (χ0n) is 17.0. The average molecular weight is 401 g/mol. The van der Waals surface area contributed by atoms with Crippen molar-refractivity contribution in [3.05, 3.63) is 50.8 Å². The SMILES string of the molecule is Cc1c(-c2c(C)c3c(c(C)c2CC(=O)OF)CCNC3)cc(F)c2c1CCCO2. The van der Waals surface area contributed by atoms with Gasteiger partial charge in [0, 0.05) is 16.6 Å². The standard InChI is InChI=1S/C23H25F2NO3/c1-12-15-6-7-26-11-19(15)14(3)22(18(12)10-21(27)29-25)17-9-20(24)23-16(13(17)2)5-4-8-28-23/h9,26H,4-8,10-11H2,1-3H3. The van der Waals surface area contributed by atoms with Crippen LogP contribution < -0.4 is 10.1 Å². The van der Waals surface area contributed by atoms with Crippen molar-refractivity contribution in [1.82, 2.24) is 5.32 Å². The number of rotatable bonds is 3. The molecule has 0 radical (unpaired) electrons. The third kappa shape index (κ3) is 3.29. The minimum Gasteiger partial charge on any atom is -0.490 e. The molecule has 0 bridgehead atoms. The van der Waals surface area contributed by atoms with E-state index in [4.69, 9.17) is 4.74 Å². The van der Waals surface area contributed by atoms with Crippen LogP contribution in [0.3, 0.4) is 0 Å². The van der Waals surface area contributed by atoms with E-state index in [0.717, 1.165) is 65.7 Å². The third-order valence-electron chi connectivity index (χ3n) is 6.37. The van der Waals surface area contributed by atoms with Crippen LogP contribution in [0.2, 0.25) is 0 Å². The van der Waals surface area contributed by atoms with Crippen molar-refractivity contribution in [2.24, 2.45) is 0 Å². The molecular weight excluding hydrogens is 376 g/mol. The normalized spacial score (nSPS) is 15.3. The Morgan fingerprint density at radius 2 is 1.93 bits per heavy atom. The first-order valence-corrected chi connectivity index (χ1v) is 10.0. The van der Waals surface area contributed by atoms with Gasteiger partial charge in [0.05, 0.1) is 13.0 Å². The fourth-order valence-electron chi connectivity index (χ4n) is 4.88. The molecule has 6 heteroatoms. The molecule has 0 amide bonds. The van der Waals surface area contributed by atoms with Crippen molar-refractivity contribution in [2.75, 3.05) is 13.2 Å². The smallest absolute Gasteiger partial charge is 0.353 e. The quantitative estimate of drug-likeness (QED) is 0.830. The molecule has 4 rings (SSSR count). The maximum absolute atomic E-state index is 14.9. The second-order valence-corrected chi connectivity index (χ2v) is 7.90. The van der Waals surface area contributed by atoms with Gasteiger partial charge in [0.2, 0.25) is 0 Å². The number of ether oxygens (including phenoxy) is 1. The molecule has 0 aromatic heterocycles. The fourth-order valence-corrected chi connectivity index (χ4v) is 4.88. The number of nitrogens with one attached hydrogen (secondary N) is 1. The van der Waals surface area contributed by atoms with Crippen LogP contribution >= 0.6 is 0 Å². The van der Waals surface area contributed by atoms with Gasteiger partial charge in [0.1, 0.15) is 0 Å². The summed E-state index contributed by atoms with van der Waals surface area (Å²) in [5.74, 6) is -1.01. The van der Waals surface area contributed by atoms with Crippen molar-refractivity contribution in [2.45, 2.75) is 53.0 Å². The largest absolute Gasteiger partial charge is 0.490 e. The monoisotopic (exact) mass is 401 g/mol. The molecule has 0 spiro atoms. The molecular formula is C23H25F2NO3. The summed E-state index contributed by atoms with van der Waals surface area (Å²) in [5, 5.41) is 3.39. The Hall–Kier alpha value is -2.47. The number of carbonyl (C=O) groups is 1. The highest BCUT2D eigenvalue weighted by atomic mass is 19.3. The first kappa shape index (κ1) is 19.8. The summed E-state index contributed by atoms with van der Waals surface area (Å²) in [5.41, 5.74) is 8.40. The van der Waals surface area contributed by atoms with E-state index in [1.165, 1.54) is 17.2 Å². The second kappa shape index (κ2) is 7.75. The molecule has 2 aromatic rings. The first-order valence-electron chi connectivity index (χ1n) is 10.0. The molecule has 0 atom stereocenters. The van der Waals surface area contributed by atoms with Gasteiger partial charge in [-0.3, -0.25) is 4.94 Å². The highest BCUT2D eigenvalue weighted by Gasteiger charge is 2.27. The topological polar surface area (TPSA) is 47.6 Å². The predicted octanol–water partition coefficient (Wildman–Crippen LogP) is 4.36. The van der Waals surface area contributed by atoms with Gasteiger partial charge in [-0.15, -0.1) is 0 Å². The van der Waals surface area contributed by atoms with Gasteiger partial charge in [-0.2, -0.15) is 0 Å². The van der Waals surface area contributed by atoms with Gasteiger partial charge in [-0.25, -0.2) is 9.18 Å². The van der Waals surface area contributed by atoms with E-state index in [9.17, 15) is 13.7 Å². The lowest BCUT2D eigenvalue weighted by atomic mass is 9.79. The molecule has 2 heterocycles. The van der Waals surface area contributed by atoms with Crippen molar-refractivity contribution < 1.29 is 23.4 Å². The van der Waals surface area contributed by atoms with Crippen LogP contribution in [-0.2, 0) is 35.5 Å². The predicted molar refractivity (Wildman–Crippen MR) is 106 cm³/mol. The minimum atomic E-state index is -0.943. The Kier molecular flexibility index (Phi) is 5.30. The molecule has 0 fully saturated rings. The Labute approximate surface area is 169 Å². The molecule has 2 aliphatic rings. The minimum absolute atomic E-state index is 0.187. The number of fused-ring (bicyclic) bond motifs is 2. The lowest BCUT2D eigenvalue weighted by Gasteiger charge is -2.29. The summed E-state index contributed by atoms with van der Waals surface area (Å²) in [4.78, 5) is 15.4. The van der Waals surface area contributed by atoms with Crippen molar-refractivity contribution in [1.29, 1.82) is 0 Å². The lowest BCUT2D eigenvalue weighted by Crippen LogP contribution is -2.26. The summed E-state index contributed by atoms with van der Waals surface area (Å²) in [6, 6.07) is 1.49. The van der Waals surface area contributed by atoms with E-state index in [-0.39, 0.29) is 6.42 Å². The van der Waals surface area contributed by atoms with E-state index in [2.05, 4.69) is 10.3 Å². The summed E-state index contributed by atoms with van der Waals surface area (Å²) < 4.78 is 33.1. The summed E-state index contributed by atoms with van der Waals surface area (Å²) in [7, 11) is 0. The second-order valence-electron chi connectivity index (χ2n) is 7.90. The summed E-state index contributed by atoms with van der Waals surface area (Å²) in [6.45, 7) is 8.01. The van der Waals surface area contributed by atoms with Crippen LogP contribution in [0.5, 0.6) is 5.75 Å². The number of hydrogen-bond acceptors (Lipinski definition) is 4. The molecule has 0 saturated carbocycles. The Morgan fingerprint density at radius 1 is 1.14 bits per heavy atom. The van der Waals surface area contributed by atoms with Gasteiger partial charge < -0.3 is 10.1 Å². The highest BCUT2D eigenvalue weighted by Crippen LogP contribution is 2.42. The summed E-state index contributed by atoms with van der Waals surface area (Å²) in [6.07, 6.45) is 2.24. The zero-order chi connectivity index (χ0) is 20.7. The molecule has 1 N–H and O–H groups in total. The van der Waals surface area contributed by atoms with Crippen LogP contribution in [-0.4, -0.2) is 19.1 Å². The Morgan fingerprint density at radius 3 is 2.69 bits per heavy atom. The molecule has 4 nitrogen and oxygen atoms in total.